The largest absolute Gasteiger partial charge is 0.493 e. The van der Waals surface area contributed by atoms with Crippen molar-refractivity contribution < 1.29 is 9.47 Å². The molecule has 74 valence electrons. The van der Waals surface area contributed by atoms with E-state index in [1.165, 1.54) is 0 Å². The van der Waals surface area contributed by atoms with Crippen LogP contribution in [0.3, 0.4) is 0 Å². The highest BCUT2D eigenvalue weighted by molar-refractivity contribution is 5.44. The van der Waals surface area contributed by atoms with E-state index in [9.17, 15) is 0 Å². The van der Waals surface area contributed by atoms with Gasteiger partial charge in [0.25, 0.3) is 0 Å². The second kappa shape index (κ2) is 4.52. The fourth-order valence-electron chi connectivity index (χ4n) is 1.19. The average Bonchev–Trinajstić information content (AvgIpc) is 2.26. The Hall–Kier alpha value is -1.69. The second-order valence-corrected chi connectivity index (χ2v) is 2.92. The highest BCUT2D eigenvalue weighted by Gasteiger charge is 2.12. The van der Waals surface area contributed by atoms with Gasteiger partial charge in [-0.2, -0.15) is 0 Å². The van der Waals surface area contributed by atoms with Crippen LogP contribution in [0.5, 0.6) is 11.5 Å². The molecule has 1 unspecified atom stereocenters. The Morgan fingerprint density at radius 3 is 2.36 bits per heavy atom. The van der Waals surface area contributed by atoms with Crippen molar-refractivity contribution in [3.8, 4) is 11.5 Å². The molecular formula is C11H13NO2. The van der Waals surface area contributed by atoms with Gasteiger partial charge in [-0.3, -0.25) is 0 Å². The van der Waals surface area contributed by atoms with Crippen LogP contribution < -0.4 is 9.47 Å². The Labute approximate surface area is 84.1 Å². The highest BCUT2D eigenvalue weighted by Crippen LogP contribution is 2.30. The fraction of sp³-hybridized carbons (Fsp3) is 0.364. The van der Waals surface area contributed by atoms with Gasteiger partial charge in [0.15, 0.2) is 11.5 Å². The van der Waals surface area contributed by atoms with Crippen molar-refractivity contribution in [1.82, 2.24) is 0 Å². The number of benzene rings is 1. The van der Waals surface area contributed by atoms with Crippen molar-refractivity contribution in [2.75, 3.05) is 14.2 Å². The average molecular weight is 191 g/mol. The maximum atomic E-state index is 6.93. The van der Waals surface area contributed by atoms with Crippen LogP contribution in [0, 0.1) is 6.57 Å². The quantitative estimate of drug-likeness (QED) is 0.685. The van der Waals surface area contributed by atoms with Gasteiger partial charge in [0.1, 0.15) is 0 Å². The smallest absolute Gasteiger partial charge is 0.246 e. The molecule has 3 heteroatoms. The van der Waals surface area contributed by atoms with Gasteiger partial charge in [-0.25, -0.2) is 6.57 Å². The number of ether oxygens (including phenoxy) is 2. The molecule has 0 aliphatic carbocycles. The SMILES string of the molecule is [C-]#[N+]C(C)c1ccc(OC)c(OC)c1. The third-order valence-corrected chi connectivity index (χ3v) is 2.08. The van der Waals surface area contributed by atoms with Crippen LogP contribution in [0.25, 0.3) is 4.85 Å². The third kappa shape index (κ3) is 1.97. The van der Waals surface area contributed by atoms with Crippen molar-refractivity contribution in [3.63, 3.8) is 0 Å². The minimum Gasteiger partial charge on any atom is -0.493 e. The molecule has 0 aliphatic heterocycles. The molecule has 0 amide bonds. The zero-order valence-electron chi connectivity index (χ0n) is 8.57. The van der Waals surface area contributed by atoms with E-state index >= 15 is 0 Å². The number of rotatable bonds is 3. The standard InChI is InChI=1S/C11H13NO2/c1-8(12-2)9-5-6-10(13-3)11(7-9)14-4/h5-8H,1,3-4H3. The van der Waals surface area contributed by atoms with Crippen LogP contribution in [0.4, 0.5) is 0 Å². The lowest BCUT2D eigenvalue weighted by Gasteiger charge is -2.08. The molecular weight excluding hydrogens is 178 g/mol. The van der Waals surface area contributed by atoms with E-state index in [0.29, 0.717) is 11.5 Å². The van der Waals surface area contributed by atoms with Crippen LogP contribution in [0.15, 0.2) is 18.2 Å². The summed E-state index contributed by atoms with van der Waals surface area (Å²) in [6.07, 6.45) is 0. The first-order valence-corrected chi connectivity index (χ1v) is 4.31. The molecule has 0 radical (unpaired) electrons. The Balaban J connectivity index is 3.08. The van der Waals surface area contributed by atoms with E-state index in [2.05, 4.69) is 4.85 Å². The van der Waals surface area contributed by atoms with E-state index in [0.717, 1.165) is 5.56 Å². The Morgan fingerprint density at radius 2 is 1.86 bits per heavy atom. The van der Waals surface area contributed by atoms with E-state index in [1.54, 1.807) is 14.2 Å². The summed E-state index contributed by atoms with van der Waals surface area (Å²) in [6, 6.07) is 5.39. The Bertz CT molecular complexity index is 355. The first-order valence-electron chi connectivity index (χ1n) is 4.31. The second-order valence-electron chi connectivity index (χ2n) is 2.92. The molecule has 3 nitrogen and oxygen atoms in total. The number of methoxy groups -OCH3 is 2. The molecule has 0 aliphatic rings. The van der Waals surface area contributed by atoms with E-state index in [1.807, 2.05) is 25.1 Å². The van der Waals surface area contributed by atoms with Gasteiger partial charge < -0.3 is 14.3 Å². The van der Waals surface area contributed by atoms with Gasteiger partial charge in [0, 0.05) is 12.5 Å². The summed E-state index contributed by atoms with van der Waals surface area (Å²) in [4.78, 5) is 3.44. The summed E-state index contributed by atoms with van der Waals surface area (Å²) >= 11 is 0. The van der Waals surface area contributed by atoms with Crippen LogP contribution in [-0.4, -0.2) is 14.2 Å². The zero-order valence-corrected chi connectivity index (χ0v) is 8.57. The summed E-state index contributed by atoms with van der Waals surface area (Å²) in [5.74, 6) is 1.36. The first kappa shape index (κ1) is 10.4. The molecule has 1 atom stereocenters. The summed E-state index contributed by atoms with van der Waals surface area (Å²) in [5, 5.41) is 0. The van der Waals surface area contributed by atoms with Crippen molar-refractivity contribution >= 4 is 0 Å². The molecule has 0 saturated carbocycles. The highest BCUT2D eigenvalue weighted by atomic mass is 16.5. The van der Waals surface area contributed by atoms with Crippen molar-refractivity contribution in [2.45, 2.75) is 13.0 Å². The van der Waals surface area contributed by atoms with Crippen LogP contribution >= 0.6 is 0 Å². The van der Waals surface area contributed by atoms with Crippen molar-refractivity contribution in [1.29, 1.82) is 0 Å². The molecule has 1 aromatic carbocycles. The van der Waals surface area contributed by atoms with E-state index in [-0.39, 0.29) is 6.04 Å². The van der Waals surface area contributed by atoms with Crippen LogP contribution in [-0.2, 0) is 0 Å². The summed E-state index contributed by atoms with van der Waals surface area (Å²) in [6.45, 7) is 8.78. The third-order valence-electron chi connectivity index (χ3n) is 2.08. The number of hydrogen-bond donors (Lipinski definition) is 0. The molecule has 0 bridgehead atoms. The zero-order chi connectivity index (χ0) is 10.6. The van der Waals surface area contributed by atoms with Gasteiger partial charge in [0.05, 0.1) is 14.2 Å². The molecule has 0 fully saturated rings. The molecule has 0 heterocycles. The maximum absolute atomic E-state index is 6.93. The predicted octanol–water partition coefficient (Wildman–Crippen LogP) is 2.68. The van der Waals surface area contributed by atoms with Crippen molar-refractivity contribution in [2.24, 2.45) is 0 Å². The van der Waals surface area contributed by atoms with Crippen LogP contribution in [0.1, 0.15) is 18.5 Å². The Kier molecular flexibility index (Phi) is 3.35. The van der Waals surface area contributed by atoms with E-state index in [4.69, 9.17) is 16.0 Å². The predicted molar refractivity (Wildman–Crippen MR) is 54.6 cm³/mol. The minimum absolute atomic E-state index is 0.144. The lowest BCUT2D eigenvalue weighted by atomic mass is 10.1. The Morgan fingerprint density at radius 1 is 1.21 bits per heavy atom. The molecule has 14 heavy (non-hydrogen) atoms. The normalized spacial score (nSPS) is 11.6. The van der Waals surface area contributed by atoms with Crippen molar-refractivity contribution in [3.05, 3.63) is 35.2 Å². The maximum Gasteiger partial charge on any atom is 0.246 e. The molecule has 0 aromatic heterocycles. The molecule has 0 spiro atoms. The van der Waals surface area contributed by atoms with Crippen LogP contribution in [0.2, 0.25) is 0 Å². The lowest BCUT2D eigenvalue weighted by Crippen LogP contribution is -1.93. The van der Waals surface area contributed by atoms with E-state index < -0.39 is 0 Å². The minimum atomic E-state index is -0.144. The number of hydrogen-bond acceptors (Lipinski definition) is 2. The van der Waals surface area contributed by atoms with Gasteiger partial charge in [-0.15, -0.1) is 0 Å². The monoisotopic (exact) mass is 191 g/mol. The molecule has 1 aromatic rings. The summed E-state index contributed by atoms with van der Waals surface area (Å²) in [5.41, 5.74) is 0.942. The molecule has 0 saturated heterocycles. The van der Waals surface area contributed by atoms with Gasteiger partial charge in [-0.1, -0.05) is 0 Å². The molecule has 1 rings (SSSR count). The van der Waals surface area contributed by atoms with Gasteiger partial charge >= 0.3 is 0 Å². The first-order chi connectivity index (χ1) is 6.72. The van der Waals surface area contributed by atoms with Gasteiger partial charge in [-0.05, 0) is 18.2 Å². The van der Waals surface area contributed by atoms with Gasteiger partial charge in [0.2, 0.25) is 6.04 Å². The topological polar surface area (TPSA) is 22.8 Å². The fourth-order valence-corrected chi connectivity index (χ4v) is 1.19. The summed E-state index contributed by atoms with van der Waals surface area (Å²) < 4.78 is 10.2. The molecule has 0 N–H and O–H groups in total. The summed E-state index contributed by atoms with van der Waals surface area (Å²) in [7, 11) is 3.18. The number of nitrogens with zero attached hydrogens (tertiary/aromatic N) is 1. The lowest BCUT2D eigenvalue weighted by molar-refractivity contribution is 0.354.